The van der Waals surface area contributed by atoms with Gasteiger partial charge in [-0.25, -0.2) is 0 Å². The number of likely N-dealkylation sites (N-methyl/N-ethyl adjacent to an activating group) is 1. The van der Waals surface area contributed by atoms with Gasteiger partial charge in [0.15, 0.2) is 5.96 Å². The summed E-state index contributed by atoms with van der Waals surface area (Å²) in [5.41, 5.74) is 0. The van der Waals surface area contributed by atoms with E-state index in [4.69, 9.17) is 9.73 Å². The predicted octanol–water partition coefficient (Wildman–Crippen LogP) is 2.95. The smallest absolute Gasteiger partial charge is 0.193 e. The van der Waals surface area contributed by atoms with Crippen molar-refractivity contribution in [3.05, 3.63) is 0 Å². The summed E-state index contributed by atoms with van der Waals surface area (Å²) >= 11 is 0. The van der Waals surface area contributed by atoms with E-state index in [2.05, 4.69) is 36.0 Å². The molecule has 1 heterocycles. The number of guanidine groups is 1. The van der Waals surface area contributed by atoms with Crippen molar-refractivity contribution in [2.24, 2.45) is 4.99 Å². The van der Waals surface area contributed by atoms with Gasteiger partial charge in [-0.05, 0) is 46.6 Å². The van der Waals surface area contributed by atoms with Crippen molar-refractivity contribution in [3.63, 3.8) is 0 Å². The Labute approximate surface area is 165 Å². The highest BCUT2D eigenvalue weighted by atomic mass is 127. The maximum atomic E-state index is 5.75. The monoisotopic (exact) mass is 452 g/mol. The van der Waals surface area contributed by atoms with Crippen LogP contribution in [0.1, 0.15) is 52.4 Å². The first kappa shape index (κ1) is 22.0. The summed E-state index contributed by atoms with van der Waals surface area (Å²) in [6, 6.07) is 0.787. The fourth-order valence-electron chi connectivity index (χ4n) is 3.74. The fraction of sp³-hybridized carbons (Fsp3) is 0.944. The van der Waals surface area contributed by atoms with Crippen LogP contribution in [-0.2, 0) is 4.74 Å². The lowest BCUT2D eigenvalue weighted by atomic mass is 10.1. The Morgan fingerprint density at radius 1 is 1.17 bits per heavy atom. The summed E-state index contributed by atoms with van der Waals surface area (Å²) in [4.78, 5) is 9.77. The molecule has 0 radical (unpaired) electrons. The molecule has 6 heteroatoms. The lowest BCUT2D eigenvalue weighted by Gasteiger charge is -2.34. The number of rotatable bonds is 7. The van der Waals surface area contributed by atoms with E-state index >= 15 is 0 Å². The molecule has 24 heavy (non-hydrogen) atoms. The molecule has 5 nitrogen and oxygen atoms in total. The van der Waals surface area contributed by atoms with Crippen LogP contribution >= 0.6 is 24.0 Å². The van der Waals surface area contributed by atoms with Gasteiger partial charge in [-0.15, -0.1) is 24.0 Å². The Kier molecular flexibility index (Phi) is 11.3. The van der Waals surface area contributed by atoms with Crippen LogP contribution in [0.5, 0.6) is 0 Å². The van der Waals surface area contributed by atoms with E-state index in [1.54, 1.807) is 0 Å². The van der Waals surface area contributed by atoms with Crippen molar-refractivity contribution in [1.82, 2.24) is 15.1 Å². The number of nitrogens with one attached hydrogen (secondary N) is 1. The highest BCUT2D eigenvalue weighted by Gasteiger charge is 2.22. The molecule has 1 aliphatic heterocycles. The average Bonchev–Trinajstić information content (AvgIpc) is 3.10. The maximum absolute atomic E-state index is 5.75. The lowest BCUT2D eigenvalue weighted by molar-refractivity contribution is 0.0263. The van der Waals surface area contributed by atoms with Crippen molar-refractivity contribution < 1.29 is 4.74 Å². The number of halogens is 1. The number of hydrogen-bond donors (Lipinski definition) is 1. The van der Waals surface area contributed by atoms with Crippen molar-refractivity contribution >= 4 is 29.9 Å². The largest absolute Gasteiger partial charge is 0.378 e. The first-order valence-electron chi connectivity index (χ1n) is 9.59. The molecule has 0 aromatic heterocycles. The summed E-state index contributed by atoms with van der Waals surface area (Å²) in [7, 11) is 2.26. The number of piperidine rings is 1. The second-order valence-electron chi connectivity index (χ2n) is 6.80. The maximum Gasteiger partial charge on any atom is 0.193 e. The zero-order valence-corrected chi connectivity index (χ0v) is 18.1. The van der Waals surface area contributed by atoms with Gasteiger partial charge in [0.2, 0.25) is 0 Å². The standard InChI is InChI=1S/C18H36N4O.HI/c1-4-19-18(22-13-10-17(11-14-22)23-5-2)20-12-15-21(3)16-8-6-7-9-16;/h16-17H,4-15H2,1-3H3,(H,19,20);1H. The minimum atomic E-state index is 0. The molecular weight excluding hydrogens is 415 g/mol. The number of hydrogen-bond acceptors (Lipinski definition) is 3. The molecule has 0 atom stereocenters. The molecule has 0 amide bonds. The molecule has 1 saturated heterocycles. The molecule has 0 bridgehead atoms. The van der Waals surface area contributed by atoms with E-state index < -0.39 is 0 Å². The van der Waals surface area contributed by atoms with Gasteiger partial charge in [0.25, 0.3) is 0 Å². The van der Waals surface area contributed by atoms with E-state index in [9.17, 15) is 0 Å². The Hall–Kier alpha value is -0.0800. The summed E-state index contributed by atoms with van der Waals surface area (Å²) in [5, 5.41) is 3.46. The molecule has 2 rings (SSSR count). The minimum Gasteiger partial charge on any atom is -0.378 e. The number of nitrogens with zero attached hydrogens (tertiary/aromatic N) is 3. The van der Waals surface area contributed by atoms with Crippen LogP contribution in [0, 0.1) is 0 Å². The Balaban J connectivity index is 0.00000288. The zero-order valence-electron chi connectivity index (χ0n) is 15.8. The summed E-state index contributed by atoms with van der Waals surface area (Å²) < 4.78 is 5.75. The molecule has 0 aromatic carbocycles. The van der Waals surface area contributed by atoms with Gasteiger partial charge in [-0.3, -0.25) is 4.99 Å². The van der Waals surface area contributed by atoms with E-state index in [0.29, 0.717) is 6.10 Å². The van der Waals surface area contributed by atoms with Crippen LogP contribution in [0.15, 0.2) is 4.99 Å². The first-order chi connectivity index (χ1) is 11.2. The summed E-state index contributed by atoms with van der Waals surface area (Å²) in [6.45, 7) is 10.0. The third-order valence-electron chi connectivity index (χ3n) is 5.14. The second-order valence-corrected chi connectivity index (χ2v) is 6.80. The van der Waals surface area contributed by atoms with Crippen molar-refractivity contribution in [1.29, 1.82) is 0 Å². The van der Waals surface area contributed by atoms with E-state index in [1.165, 1.54) is 25.7 Å². The number of aliphatic imine (C=N–C) groups is 1. The van der Waals surface area contributed by atoms with Gasteiger partial charge in [-0.1, -0.05) is 12.8 Å². The molecule has 0 unspecified atom stereocenters. The highest BCUT2D eigenvalue weighted by molar-refractivity contribution is 14.0. The fourth-order valence-corrected chi connectivity index (χ4v) is 3.74. The molecule has 2 fully saturated rings. The third-order valence-corrected chi connectivity index (χ3v) is 5.14. The number of ether oxygens (including phenoxy) is 1. The van der Waals surface area contributed by atoms with Gasteiger partial charge in [0.1, 0.15) is 0 Å². The Bertz CT molecular complexity index is 353. The molecule has 0 spiro atoms. The molecule has 0 aromatic rings. The van der Waals surface area contributed by atoms with Gasteiger partial charge in [-0.2, -0.15) is 0 Å². The average molecular weight is 452 g/mol. The van der Waals surface area contributed by atoms with E-state index in [-0.39, 0.29) is 24.0 Å². The van der Waals surface area contributed by atoms with Gasteiger partial charge >= 0.3 is 0 Å². The molecule has 1 N–H and O–H groups in total. The van der Waals surface area contributed by atoms with Crippen LogP contribution in [0.3, 0.4) is 0 Å². The Morgan fingerprint density at radius 2 is 1.83 bits per heavy atom. The van der Waals surface area contributed by atoms with Gasteiger partial charge in [0.05, 0.1) is 12.6 Å². The first-order valence-corrected chi connectivity index (χ1v) is 9.59. The van der Waals surface area contributed by atoms with Crippen LogP contribution in [0.25, 0.3) is 0 Å². The quantitative estimate of drug-likeness (QED) is 0.367. The predicted molar refractivity (Wildman–Crippen MR) is 113 cm³/mol. The lowest BCUT2D eigenvalue weighted by Crippen LogP contribution is -2.47. The van der Waals surface area contributed by atoms with Crippen molar-refractivity contribution in [3.8, 4) is 0 Å². The van der Waals surface area contributed by atoms with E-state index in [1.807, 2.05) is 0 Å². The van der Waals surface area contributed by atoms with Crippen LogP contribution < -0.4 is 5.32 Å². The third kappa shape index (κ3) is 7.04. The highest BCUT2D eigenvalue weighted by Crippen LogP contribution is 2.22. The van der Waals surface area contributed by atoms with Crippen LogP contribution in [0.4, 0.5) is 0 Å². The van der Waals surface area contributed by atoms with Crippen LogP contribution in [0.2, 0.25) is 0 Å². The van der Waals surface area contributed by atoms with Crippen molar-refractivity contribution in [2.75, 3.05) is 46.4 Å². The molecular formula is C18H37IN4O. The summed E-state index contributed by atoms with van der Waals surface area (Å²) in [5.74, 6) is 1.09. The molecule has 142 valence electrons. The van der Waals surface area contributed by atoms with E-state index in [0.717, 1.165) is 64.2 Å². The van der Waals surface area contributed by atoms with Crippen LogP contribution in [-0.4, -0.2) is 74.3 Å². The topological polar surface area (TPSA) is 40.1 Å². The summed E-state index contributed by atoms with van der Waals surface area (Å²) in [6.07, 6.45) is 8.19. The normalized spacial score (nSPS) is 20.5. The minimum absolute atomic E-state index is 0. The van der Waals surface area contributed by atoms with Gasteiger partial charge < -0.3 is 19.9 Å². The molecule has 1 saturated carbocycles. The molecule has 2 aliphatic rings. The number of likely N-dealkylation sites (tertiary alicyclic amines) is 1. The second kappa shape index (κ2) is 12.3. The van der Waals surface area contributed by atoms with Gasteiger partial charge in [0, 0.05) is 38.8 Å². The Morgan fingerprint density at radius 3 is 2.42 bits per heavy atom. The molecule has 1 aliphatic carbocycles. The van der Waals surface area contributed by atoms with Crippen molar-refractivity contribution in [2.45, 2.75) is 64.5 Å². The SMILES string of the molecule is CCNC(=NCCN(C)C1CCCC1)N1CCC(OCC)CC1.I. The zero-order chi connectivity index (χ0) is 16.5.